The van der Waals surface area contributed by atoms with Crippen LogP contribution in [0.25, 0.3) is 0 Å². The maximum atomic E-state index is 9.91. The van der Waals surface area contributed by atoms with E-state index in [4.69, 9.17) is 0 Å². The second kappa shape index (κ2) is 18.4. The zero-order valence-electron chi connectivity index (χ0n) is 13.5. The van der Waals surface area contributed by atoms with Crippen molar-refractivity contribution in [2.24, 2.45) is 0 Å². The van der Waals surface area contributed by atoms with Gasteiger partial charge in [0.05, 0.1) is 0 Å². The topological polar surface area (TPSA) is 17.1 Å². The fraction of sp³-hybridized carbons (Fsp3) is 0.500. The summed E-state index contributed by atoms with van der Waals surface area (Å²) >= 11 is 0. The average Bonchev–Trinajstić information content (AvgIpc) is 2.50. The summed E-state index contributed by atoms with van der Waals surface area (Å²) in [4.78, 5) is 9.91. The highest BCUT2D eigenvalue weighted by Crippen LogP contribution is 2.08. The Kier molecular flexibility index (Phi) is 17.0. The van der Waals surface area contributed by atoms with Gasteiger partial charge in [-0.1, -0.05) is 94.1 Å². The summed E-state index contributed by atoms with van der Waals surface area (Å²) < 4.78 is 0. The first kappa shape index (κ1) is 19.4. The third-order valence-electron chi connectivity index (χ3n) is 3.14. The lowest BCUT2D eigenvalue weighted by Crippen LogP contribution is -1.78. The van der Waals surface area contributed by atoms with Gasteiger partial charge in [-0.3, -0.25) is 0 Å². The molecule has 0 fully saturated rings. The molecule has 0 aliphatic heterocycles. The molecule has 0 bridgehead atoms. The molecule has 0 amide bonds. The summed E-state index contributed by atoms with van der Waals surface area (Å²) in [5.74, 6) is 1.75. The minimum Gasteiger partial charge on any atom is -0.234 e. The number of unbranched alkanes of at least 4 members (excludes halogenated alkanes) is 7. The number of rotatable bonds is 13. The Morgan fingerprint density at radius 2 is 1.29 bits per heavy atom. The Morgan fingerprint density at radius 3 is 1.95 bits per heavy atom. The smallest absolute Gasteiger partial charge is 0.120 e. The van der Waals surface area contributed by atoms with Gasteiger partial charge < -0.3 is 0 Å². The van der Waals surface area contributed by atoms with Gasteiger partial charge in [0, 0.05) is 6.08 Å². The first-order chi connectivity index (χ1) is 10.4. The molecule has 0 aliphatic rings. The van der Waals surface area contributed by atoms with Crippen molar-refractivity contribution in [2.75, 3.05) is 0 Å². The Hall–Kier alpha value is -1.59. The molecule has 0 aromatic heterocycles. The lowest BCUT2D eigenvalue weighted by molar-refractivity contribution is 0.568. The van der Waals surface area contributed by atoms with E-state index in [0.717, 1.165) is 0 Å². The monoisotopic (exact) mass is 286 g/mol. The summed E-state index contributed by atoms with van der Waals surface area (Å²) in [7, 11) is 0. The highest BCUT2D eigenvalue weighted by Gasteiger charge is 1.88. The Balaban J connectivity index is 3.42. The Labute approximate surface area is 130 Å². The summed E-state index contributed by atoms with van der Waals surface area (Å²) in [5.41, 5.74) is 0. The molecule has 0 radical (unpaired) electrons. The molecule has 0 spiro atoms. The van der Waals surface area contributed by atoms with Gasteiger partial charge in [0.15, 0.2) is 0 Å². The van der Waals surface area contributed by atoms with Gasteiger partial charge in [-0.05, 0) is 19.3 Å². The molecule has 116 valence electrons. The van der Waals surface area contributed by atoms with E-state index in [0.29, 0.717) is 6.42 Å². The SMILES string of the molecule is CCCCCCCCC/C=C/C=C/C=C/C=C/CC=C=O. The molecule has 0 atom stereocenters. The maximum Gasteiger partial charge on any atom is 0.120 e. The molecule has 0 unspecified atom stereocenters. The normalized spacial score (nSPS) is 12.0. The van der Waals surface area contributed by atoms with Gasteiger partial charge in [-0.25, -0.2) is 4.79 Å². The molecule has 0 N–H and O–H groups in total. The molecule has 0 aromatic carbocycles. The molecule has 0 aliphatic carbocycles. The minimum atomic E-state index is 0.649. The van der Waals surface area contributed by atoms with Crippen LogP contribution in [0, 0.1) is 0 Å². The van der Waals surface area contributed by atoms with Crippen molar-refractivity contribution in [1.29, 1.82) is 0 Å². The van der Waals surface area contributed by atoms with Gasteiger partial charge in [0.2, 0.25) is 0 Å². The summed E-state index contributed by atoms with van der Waals surface area (Å²) in [6, 6.07) is 0. The Bertz CT molecular complexity index is 365. The standard InChI is InChI=1S/C20H30O/c1-2-3-4-5-6-7-8-9-10-11-12-13-14-15-16-17-18-19-20-21/h10-17,19H,2-9,18H2,1H3/b11-10+,13-12+,15-14+,17-16+. The van der Waals surface area contributed by atoms with Crippen LogP contribution in [0.2, 0.25) is 0 Å². The fourth-order valence-corrected chi connectivity index (χ4v) is 1.92. The summed E-state index contributed by atoms with van der Waals surface area (Å²) in [6.07, 6.45) is 29.1. The van der Waals surface area contributed by atoms with Crippen LogP contribution in [-0.4, -0.2) is 5.94 Å². The average molecular weight is 286 g/mol. The van der Waals surface area contributed by atoms with Gasteiger partial charge in [-0.2, -0.15) is 0 Å². The van der Waals surface area contributed by atoms with E-state index in [1.54, 1.807) is 5.94 Å². The van der Waals surface area contributed by atoms with Crippen molar-refractivity contribution < 1.29 is 4.79 Å². The molecule has 1 heteroatoms. The van der Waals surface area contributed by atoms with Crippen molar-refractivity contribution in [3.63, 3.8) is 0 Å². The van der Waals surface area contributed by atoms with E-state index in [1.807, 2.05) is 30.4 Å². The number of allylic oxidation sites excluding steroid dienone is 9. The molecular weight excluding hydrogens is 256 g/mol. The molecule has 1 nitrogen and oxygen atoms in total. The van der Waals surface area contributed by atoms with E-state index in [9.17, 15) is 4.79 Å². The largest absolute Gasteiger partial charge is 0.234 e. The second-order valence-corrected chi connectivity index (χ2v) is 5.09. The molecular formula is C20H30O. The van der Waals surface area contributed by atoms with Crippen LogP contribution in [0.1, 0.15) is 64.7 Å². The molecule has 0 saturated carbocycles. The fourth-order valence-electron chi connectivity index (χ4n) is 1.92. The molecule has 0 saturated heterocycles. The Morgan fingerprint density at radius 1 is 0.714 bits per heavy atom. The van der Waals surface area contributed by atoms with E-state index in [2.05, 4.69) is 25.2 Å². The molecule has 0 heterocycles. The second-order valence-electron chi connectivity index (χ2n) is 5.09. The highest BCUT2D eigenvalue weighted by atomic mass is 16.1. The highest BCUT2D eigenvalue weighted by molar-refractivity contribution is 5.45. The van der Waals surface area contributed by atoms with Crippen LogP contribution < -0.4 is 0 Å². The zero-order valence-corrected chi connectivity index (χ0v) is 13.5. The van der Waals surface area contributed by atoms with Crippen molar-refractivity contribution >= 4 is 5.94 Å². The number of hydrogen-bond acceptors (Lipinski definition) is 1. The van der Waals surface area contributed by atoms with E-state index in [-0.39, 0.29) is 0 Å². The van der Waals surface area contributed by atoms with Crippen LogP contribution in [0.5, 0.6) is 0 Å². The quantitative estimate of drug-likeness (QED) is 0.226. The van der Waals surface area contributed by atoms with Crippen LogP contribution in [0.3, 0.4) is 0 Å². The van der Waals surface area contributed by atoms with Crippen molar-refractivity contribution in [3.8, 4) is 0 Å². The van der Waals surface area contributed by atoms with Crippen LogP contribution in [-0.2, 0) is 4.79 Å². The first-order valence-corrected chi connectivity index (χ1v) is 8.26. The van der Waals surface area contributed by atoms with Crippen LogP contribution >= 0.6 is 0 Å². The lowest BCUT2D eigenvalue weighted by Gasteiger charge is -1.98. The predicted molar refractivity (Wildman–Crippen MR) is 94.1 cm³/mol. The maximum absolute atomic E-state index is 9.91. The van der Waals surface area contributed by atoms with Crippen LogP contribution in [0.4, 0.5) is 0 Å². The predicted octanol–water partition coefficient (Wildman–Crippen LogP) is 6.13. The number of hydrogen-bond donors (Lipinski definition) is 0. The van der Waals surface area contributed by atoms with Crippen molar-refractivity contribution in [3.05, 3.63) is 54.7 Å². The minimum absolute atomic E-state index is 0.649. The summed E-state index contributed by atoms with van der Waals surface area (Å²) in [5, 5.41) is 0. The van der Waals surface area contributed by atoms with Crippen LogP contribution in [0.15, 0.2) is 54.7 Å². The molecule has 0 rings (SSSR count). The first-order valence-electron chi connectivity index (χ1n) is 8.26. The third-order valence-corrected chi connectivity index (χ3v) is 3.14. The molecule has 21 heavy (non-hydrogen) atoms. The van der Waals surface area contributed by atoms with Crippen molar-refractivity contribution in [2.45, 2.75) is 64.7 Å². The lowest BCUT2D eigenvalue weighted by atomic mass is 10.1. The van der Waals surface area contributed by atoms with E-state index >= 15 is 0 Å². The number of carbonyl (C=O) groups excluding carboxylic acids is 1. The third kappa shape index (κ3) is 18.4. The molecule has 0 aromatic rings. The van der Waals surface area contributed by atoms with Gasteiger partial charge in [0.25, 0.3) is 0 Å². The van der Waals surface area contributed by atoms with E-state index < -0.39 is 0 Å². The summed E-state index contributed by atoms with van der Waals surface area (Å²) in [6.45, 7) is 2.26. The van der Waals surface area contributed by atoms with E-state index in [1.165, 1.54) is 57.4 Å². The van der Waals surface area contributed by atoms with Gasteiger partial charge in [-0.15, -0.1) is 0 Å². The van der Waals surface area contributed by atoms with Gasteiger partial charge in [0.1, 0.15) is 5.94 Å². The zero-order chi connectivity index (χ0) is 15.4. The van der Waals surface area contributed by atoms with Crippen molar-refractivity contribution in [1.82, 2.24) is 0 Å². The van der Waals surface area contributed by atoms with Gasteiger partial charge >= 0.3 is 0 Å².